The number of allylic oxidation sites excluding steroid dienone is 1. The number of ether oxygens (including phenoxy) is 1. The largest absolute Gasteiger partial charge is 0.365 e. The van der Waals surface area contributed by atoms with Crippen LogP contribution in [0.3, 0.4) is 0 Å². The van der Waals surface area contributed by atoms with Crippen LogP contribution in [0.2, 0.25) is 0 Å². The number of hydrogen-bond acceptors (Lipinski definition) is 3. The molecule has 0 aromatic heterocycles. The molecular formula is C21H28O3. The monoisotopic (exact) mass is 328 g/mol. The number of ketones is 1. The molecule has 1 N–H and O–H groups in total. The van der Waals surface area contributed by atoms with Crippen LogP contribution in [0.4, 0.5) is 0 Å². The number of fused-ring (bicyclic) bond motifs is 6. The fraction of sp³-hybridized carbons (Fsp3) is 0.762. The normalized spacial score (nSPS) is 52.8. The average Bonchev–Trinajstić information content (AvgIpc) is 3.08. The minimum absolute atomic E-state index is 0.161. The second kappa shape index (κ2) is 5.04. The van der Waals surface area contributed by atoms with Crippen LogP contribution in [0, 0.1) is 29.1 Å². The van der Waals surface area contributed by atoms with E-state index in [1.54, 1.807) is 0 Å². The number of carbonyl (C=O) groups excluding carboxylic acids is 1. The van der Waals surface area contributed by atoms with Crippen LogP contribution in [-0.2, 0) is 9.53 Å². The van der Waals surface area contributed by atoms with E-state index in [4.69, 9.17) is 4.74 Å². The van der Waals surface area contributed by atoms with Crippen molar-refractivity contribution in [3.63, 3.8) is 0 Å². The maximum atomic E-state index is 11.8. The molecule has 5 aliphatic rings. The Hall–Kier alpha value is -0.930. The van der Waals surface area contributed by atoms with Crippen molar-refractivity contribution in [2.24, 2.45) is 29.1 Å². The summed E-state index contributed by atoms with van der Waals surface area (Å²) in [6, 6.07) is 0. The number of carbonyl (C=O) groups is 1. The number of rotatable bonds is 0. The number of aliphatic hydroxyl groups excluding tert-OH is 1. The molecule has 7 atom stereocenters. The van der Waals surface area contributed by atoms with Gasteiger partial charge in [0, 0.05) is 11.8 Å². The summed E-state index contributed by atoms with van der Waals surface area (Å²) >= 11 is 0. The topological polar surface area (TPSA) is 46.5 Å². The van der Waals surface area contributed by atoms with E-state index in [9.17, 15) is 9.90 Å². The first-order valence-corrected chi connectivity index (χ1v) is 9.81. The standard InChI is InChI=1S/C21H28O3/c1-20-9-6-16-15-5-3-14(22)12-13(15)2-4-17(16)18(20)7-10-21(20)11-8-19(23)24-21/h8,11-12,15-19,23H,2-7,9-10H2,1H3/t15-,16?,17?,18?,19?,20-,21+/m0/s1. The van der Waals surface area contributed by atoms with Crippen LogP contribution >= 0.6 is 0 Å². The molecule has 0 aromatic rings. The first kappa shape index (κ1) is 15.3. The van der Waals surface area contributed by atoms with E-state index in [0.29, 0.717) is 17.6 Å². The van der Waals surface area contributed by atoms with Gasteiger partial charge in [-0.25, -0.2) is 0 Å². The molecule has 0 amide bonds. The van der Waals surface area contributed by atoms with Crippen molar-refractivity contribution in [1.29, 1.82) is 0 Å². The summed E-state index contributed by atoms with van der Waals surface area (Å²) in [5.41, 5.74) is 1.38. The Bertz CT molecular complexity index is 635. The molecule has 0 radical (unpaired) electrons. The van der Waals surface area contributed by atoms with Crippen LogP contribution in [0.5, 0.6) is 0 Å². The Morgan fingerprint density at radius 2 is 2.00 bits per heavy atom. The van der Waals surface area contributed by atoms with Gasteiger partial charge in [0.05, 0.1) is 5.60 Å². The SMILES string of the molecule is C[C@]12CCC3C(CCC4=CC(=O)CC[C@@H]43)C1CC[C@@]21C=CC(O)O1. The fourth-order valence-corrected chi connectivity index (χ4v) is 7.21. The lowest BCUT2D eigenvalue weighted by molar-refractivity contribution is -0.181. The smallest absolute Gasteiger partial charge is 0.175 e. The Morgan fingerprint density at radius 3 is 2.79 bits per heavy atom. The lowest BCUT2D eigenvalue weighted by atomic mass is 9.50. The molecule has 3 fully saturated rings. The van der Waals surface area contributed by atoms with E-state index >= 15 is 0 Å². The van der Waals surface area contributed by atoms with Gasteiger partial charge in [0.25, 0.3) is 0 Å². The summed E-state index contributed by atoms with van der Waals surface area (Å²) in [5.74, 6) is 3.24. The van der Waals surface area contributed by atoms with Crippen molar-refractivity contribution in [1.82, 2.24) is 0 Å². The fourth-order valence-electron chi connectivity index (χ4n) is 7.21. The van der Waals surface area contributed by atoms with Crippen molar-refractivity contribution in [2.45, 2.75) is 70.2 Å². The molecule has 0 aromatic carbocycles. The zero-order valence-electron chi connectivity index (χ0n) is 14.5. The summed E-state index contributed by atoms with van der Waals surface area (Å²) in [7, 11) is 0. The van der Waals surface area contributed by atoms with Gasteiger partial charge in [-0.1, -0.05) is 18.6 Å². The van der Waals surface area contributed by atoms with Gasteiger partial charge in [0.2, 0.25) is 0 Å². The molecule has 3 heteroatoms. The molecule has 1 heterocycles. The third-order valence-electron chi connectivity index (χ3n) is 8.34. The molecule has 0 saturated heterocycles. The summed E-state index contributed by atoms with van der Waals surface area (Å²) in [4.78, 5) is 11.8. The third-order valence-corrected chi connectivity index (χ3v) is 8.34. The Morgan fingerprint density at radius 1 is 1.12 bits per heavy atom. The molecule has 130 valence electrons. The Labute approximate surface area is 144 Å². The highest BCUT2D eigenvalue weighted by molar-refractivity contribution is 5.91. The van der Waals surface area contributed by atoms with Gasteiger partial charge in [0.15, 0.2) is 12.1 Å². The Balaban J connectivity index is 1.46. The molecule has 24 heavy (non-hydrogen) atoms. The van der Waals surface area contributed by atoms with E-state index < -0.39 is 6.29 Å². The molecule has 1 aliphatic heterocycles. The van der Waals surface area contributed by atoms with Crippen LogP contribution in [-0.4, -0.2) is 22.8 Å². The quantitative estimate of drug-likeness (QED) is 0.689. The third kappa shape index (κ3) is 1.89. The van der Waals surface area contributed by atoms with Crippen molar-refractivity contribution in [3.05, 3.63) is 23.8 Å². The van der Waals surface area contributed by atoms with Gasteiger partial charge in [-0.3, -0.25) is 4.79 Å². The maximum absolute atomic E-state index is 11.8. The van der Waals surface area contributed by atoms with E-state index in [-0.39, 0.29) is 11.0 Å². The van der Waals surface area contributed by atoms with E-state index in [1.165, 1.54) is 31.3 Å². The lowest BCUT2D eigenvalue weighted by Gasteiger charge is -2.55. The predicted octanol–water partition coefficient (Wildman–Crippen LogP) is 3.77. The van der Waals surface area contributed by atoms with Crippen LogP contribution in [0.1, 0.15) is 58.3 Å². The summed E-state index contributed by atoms with van der Waals surface area (Å²) in [6.45, 7) is 2.42. The Kier molecular flexibility index (Phi) is 3.22. The molecule has 3 saturated carbocycles. The number of aliphatic hydroxyl groups is 1. The van der Waals surface area contributed by atoms with Crippen LogP contribution < -0.4 is 0 Å². The zero-order chi connectivity index (χ0) is 16.5. The second-order valence-electron chi connectivity index (χ2n) is 9.06. The minimum atomic E-state index is -0.719. The second-order valence-corrected chi connectivity index (χ2v) is 9.06. The predicted molar refractivity (Wildman–Crippen MR) is 91.1 cm³/mol. The van der Waals surface area contributed by atoms with Crippen LogP contribution in [0.25, 0.3) is 0 Å². The van der Waals surface area contributed by atoms with Gasteiger partial charge in [0.1, 0.15) is 0 Å². The molecule has 4 unspecified atom stereocenters. The van der Waals surface area contributed by atoms with Crippen molar-refractivity contribution >= 4 is 5.78 Å². The van der Waals surface area contributed by atoms with Crippen molar-refractivity contribution in [3.8, 4) is 0 Å². The summed E-state index contributed by atoms with van der Waals surface area (Å²) in [6.07, 6.45) is 14.2. The van der Waals surface area contributed by atoms with E-state index in [0.717, 1.165) is 37.5 Å². The average molecular weight is 328 g/mol. The molecule has 0 bridgehead atoms. The molecule has 5 rings (SSSR count). The summed E-state index contributed by atoms with van der Waals surface area (Å²) in [5, 5.41) is 9.92. The lowest BCUT2D eigenvalue weighted by Crippen LogP contribution is -2.52. The highest BCUT2D eigenvalue weighted by Crippen LogP contribution is 2.66. The minimum Gasteiger partial charge on any atom is -0.365 e. The first-order chi connectivity index (χ1) is 11.5. The number of hydrogen-bond donors (Lipinski definition) is 1. The van der Waals surface area contributed by atoms with Gasteiger partial charge in [-0.2, -0.15) is 0 Å². The molecule has 4 aliphatic carbocycles. The van der Waals surface area contributed by atoms with Crippen molar-refractivity contribution < 1.29 is 14.6 Å². The van der Waals surface area contributed by atoms with Crippen molar-refractivity contribution in [2.75, 3.05) is 0 Å². The highest BCUT2D eigenvalue weighted by atomic mass is 16.6. The molecular weight excluding hydrogens is 300 g/mol. The zero-order valence-corrected chi connectivity index (χ0v) is 14.5. The molecule has 1 spiro atoms. The summed E-state index contributed by atoms with van der Waals surface area (Å²) < 4.78 is 6.07. The first-order valence-electron chi connectivity index (χ1n) is 9.81. The van der Waals surface area contributed by atoms with Gasteiger partial charge in [-0.05, 0) is 80.8 Å². The van der Waals surface area contributed by atoms with Crippen LogP contribution in [0.15, 0.2) is 23.8 Å². The van der Waals surface area contributed by atoms with Gasteiger partial charge >= 0.3 is 0 Å². The maximum Gasteiger partial charge on any atom is 0.175 e. The molecule has 3 nitrogen and oxygen atoms in total. The van der Waals surface area contributed by atoms with E-state index in [1.807, 2.05) is 12.2 Å². The van der Waals surface area contributed by atoms with Gasteiger partial charge < -0.3 is 9.84 Å². The highest BCUT2D eigenvalue weighted by Gasteiger charge is 2.63. The van der Waals surface area contributed by atoms with E-state index in [2.05, 4.69) is 13.0 Å². The van der Waals surface area contributed by atoms with Gasteiger partial charge in [-0.15, -0.1) is 0 Å².